The summed E-state index contributed by atoms with van der Waals surface area (Å²) in [5, 5.41) is 0. The lowest BCUT2D eigenvalue weighted by Crippen LogP contribution is -2.37. The fraction of sp³-hybridized carbons (Fsp3) is 0.562. The monoisotopic (exact) mass is 260 g/mol. The number of rotatable bonds is 6. The lowest BCUT2D eigenvalue weighted by atomic mass is 9.85. The zero-order valence-corrected chi connectivity index (χ0v) is 11.8. The highest BCUT2D eigenvalue weighted by molar-refractivity contribution is 5.94. The van der Waals surface area contributed by atoms with Crippen molar-refractivity contribution < 1.29 is 4.79 Å². The summed E-state index contributed by atoms with van der Waals surface area (Å²) in [6.45, 7) is 4.38. The summed E-state index contributed by atoms with van der Waals surface area (Å²) >= 11 is 0. The van der Waals surface area contributed by atoms with Crippen LogP contribution in [0.1, 0.15) is 42.1 Å². The third-order valence-electron chi connectivity index (χ3n) is 3.98. The molecule has 0 aliphatic heterocycles. The molecule has 0 radical (unpaired) electrons. The molecule has 2 N–H and O–H groups in total. The maximum atomic E-state index is 12.5. The normalized spacial score (nSPS) is 15.1. The summed E-state index contributed by atoms with van der Waals surface area (Å²) in [4.78, 5) is 14.5. The van der Waals surface area contributed by atoms with Crippen molar-refractivity contribution in [3.63, 3.8) is 0 Å². The van der Waals surface area contributed by atoms with Gasteiger partial charge in [0.05, 0.1) is 0 Å². The lowest BCUT2D eigenvalue weighted by Gasteiger charge is -2.32. The molecule has 104 valence electrons. The molecule has 1 aromatic carbocycles. The number of amides is 1. The van der Waals surface area contributed by atoms with Crippen LogP contribution >= 0.6 is 0 Å². The molecule has 1 aromatic rings. The van der Waals surface area contributed by atoms with Gasteiger partial charge in [-0.25, -0.2) is 0 Å². The van der Waals surface area contributed by atoms with E-state index in [0.717, 1.165) is 36.6 Å². The molecule has 1 fully saturated rings. The van der Waals surface area contributed by atoms with Gasteiger partial charge in [0.1, 0.15) is 0 Å². The second-order valence-electron chi connectivity index (χ2n) is 5.38. The maximum absolute atomic E-state index is 12.5. The van der Waals surface area contributed by atoms with Crippen molar-refractivity contribution in [3.8, 4) is 0 Å². The van der Waals surface area contributed by atoms with E-state index in [9.17, 15) is 4.79 Å². The summed E-state index contributed by atoms with van der Waals surface area (Å²) in [6, 6.07) is 7.88. The predicted molar refractivity (Wildman–Crippen MR) is 78.1 cm³/mol. The highest BCUT2D eigenvalue weighted by Crippen LogP contribution is 2.27. The Hall–Kier alpha value is -1.35. The average molecular weight is 260 g/mol. The van der Waals surface area contributed by atoms with Gasteiger partial charge < -0.3 is 10.6 Å². The van der Waals surface area contributed by atoms with E-state index in [2.05, 4.69) is 6.92 Å². The third kappa shape index (κ3) is 3.57. The van der Waals surface area contributed by atoms with Crippen LogP contribution in [0.5, 0.6) is 0 Å². The molecule has 0 bridgehead atoms. The molecule has 0 spiro atoms. The second kappa shape index (κ2) is 6.71. The molecule has 1 aliphatic rings. The lowest BCUT2D eigenvalue weighted by molar-refractivity contribution is 0.0706. The number of hydrogen-bond donors (Lipinski definition) is 1. The molecule has 3 nitrogen and oxygen atoms in total. The second-order valence-corrected chi connectivity index (χ2v) is 5.38. The van der Waals surface area contributed by atoms with Crippen LogP contribution in [0.15, 0.2) is 24.3 Å². The molecule has 1 aliphatic carbocycles. The smallest absolute Gasteiger partial charge is 0.253 e. The summed E-state index contributed by atoms with van der Waals surface area (Å²) in [6.07, 6.45) is 4.70. The minimum absolute atomic E-state index is 0.160. The predicted octanol–water partition coefficient (Wildman–Crippen LogP) is 2.45. The van der Waals surface area contributed by atoms with Crippen LogP contribution in [0.25, 0.3) is 0 Å². The zero-order chi connectivity index (χ0) is 13.7. The van der Waals surface area contributed by atoms with Gasteiger partial charge in [-0.05, 0) is 56.3 Å². The molecule has 0 aromatic heterocycles. The Kier molecular flexibility index (Phi) is 4.97. The quantitative estimate of drug-likeness (QED) is 0.854. The Bertz CT molecular complexity index is 427. The SMILES string of the molecule is CCN(CC1CCC1)C(=O)c1cccc(CCN)c1. The van der Waals surface area contributed by atoms with E-state index in [1.54, 1.807) is 0 Å². The van der Waals surface area contributed by atoms with Gasteiger partial charge in [-0.15, -0.1) is 0 Å². The molecule has 0 unspecified atom stereocenters. The van der Waals surface area contributed by atoms with Gasteiger partial charge >= 0.3 is 0 Å². The van der Waals surface area contributed by atoms with Crippen molar-refractivity contribution in [1.29, 1.82) is 0 Å². The molecule has 0 saturated heterocycles. The Labute approximate surface area is 115 Å². The molecular formula is C16H24N2O. The highest BCUT2D eigenvalue weighted by atomic mass is 16.2. The summed E-state index contributed by atoms with van der Waals surface area (Å²) in [7, 11) is 0. The van der Waals surface area contributed by atoms with Crippen LogP contribution < -0.4 is 5.73 Å². The Morgan fingerprint density at radius 3 is 2.79 bits per heavy atom. The number of carbonyl (C=O) groups excluding carboxylic acids is 1. The van der Waals surface area contributed by atoms with Crippen molar-refractivity contribution in [2.75, 3.05) is 19.6 Å². The van der Waals surface area contributed by atoms with Gasteiger partial charge in [0.25, 0.3) is 5.91 Å². The number of benzene rings is 1. The van der Waals surface area contributed by atoms with E-state index in [1.807, 2.05) is 29.2 Å². The Balaban J connectivity index is 2.05. The van der Waals surface area contributed by atoms with Gasteiger partial charge in [-0.2, -0.15) is 0 Å². The first kappa shape index (κ1) is 14.1. The minimum Gasteiger partial charge on any atom is -0.339 e. The van der Waals surface area contributed by atoms with Crippen molar-refractivity contribution >= 4 is 5.91 Å². The molecule has 1 amide bonds. The van der Waals surface area contributed by atoms with Crippen LogP contribution in [0, 0.1) is 5.92 Å². The fourth-order valence-electron chi connectivity index (χ4n) is 2.55. The Morgan fingerprint density at radius 1 is 1.42 bits per heavy atom. The zero-order valence-electron chi connectivity index (χ0n) is 11.8. The topological polar surface area (TPSA) is 46.3 Å². The van der Waals surface area contributed by atoms with E-state index in [-0.39, 0.29) is 5.91 Å². The van der Waals surface area contributed by atoms with Crippen molar-refractivity contribution in [3.05, 3.63) is 35.4 Å². The van der Waals surface area contributed by atoms with Crippen LogP contribution in [0.2, 0.25) is 0 Å². The van der Waals surface area contributed by atoms with E-state index in [4.69, 9.17) is 5.73 Å². The molecule has 1 saturated carbocycles. The number of hydrogen-bond acceptors (Lipinski definition) is 2. The highest BCUT2D eigenvalue weighted by Gasteiger charge is 2.23. The van der Waals surface area contributed by atoms with Gasteiger partial charge in [-0.1, -0.05) is 18.6 Å². The van der Waals surface area contributed by atoms with E-state index >= 15 is 0 Å². The van der Waals surface area contributed by atoms with Crippen molar-refractivity contribution in [2.24, 2.45) is 11.7 Å². The Morgan fingerprint density at radius 2 is 2.21 bits per heavy atom. The fourth-order valence-corrected chi connectivity index (χ4v) is 2.55. The van der Waals surface area contributed by atoms with Crippen LogP contribution in [0.3, 0.4) is 0 Å². The number of nitrogens with zero attached hydrogens (tertiary/aromatic N) is 1. The van der Waals surface area contributed by atoms with E-state index < -0.39 is 0 Å². The van der Waals surface area contributed by atoms with Crippen LogP contribution in [-0.4, -0.2) is 30.4 Å². The summed E-state index contributed by atoms with van der Waals surface area (Å²) < 4.78 is 0. The van der Waals surface area contributed by atoms with Gasteiger partial charge in [-0.3, -0.25) is 4.79 Å². The first-order valence-electron chi connectivity index (χ1n) is 7.33. The number of carbonyl (C=O) groups is 1. The van der Waals surface area contributed by atoms with Gasteiger partial charge in [0.2, 0.25) is 0 Å². The largest absolute Gasteiger partial charge is 0.339 e. The van der Waals surface area contributed by atoms with Gasteiger partial charge in [0.15, 0.2) is 0 Å². The van der Waals surface area contributed by atoms with E-state index in [0.29, 0.717) is 6.54 Å². The first-order chi connectivity index (χ1) is 9.24. The molecule has 0 atom stereocenters. The molecule has 2 rings (SSSR count). The third-order valence-corrected chi connectivity index (χ3v) is 3.98. The summed E-state index contributed by atoms with van der Waals surface area (Å²) in [5.74, 6) is 0.879. The summed E-state index contributed by atoms with van der Waals surface area (Å²) in [5.41, 5.74) is 7.51. The van der Waals surface area contributed by atoms with Crippen LogP contribution in [0.4, 0.5) is 0 Å². The molecular weight excluding hydrogens is 236 g/mol. The average Bonchev–Trinajstić information content (AvgIpc) is 2.38. The van der Waals surface area contributed by atoms with Gasteiger partial charge in [0, 0.05) is 18.7 Å². The molecule has 0 heterocycles. The van der Waals surface area contributed by atoms with Crippen LogP contribution in [-0.2, 0) is 6.42 Å². The maximum Gasteiger partial charge on any atom is 0.253 e. The molecule has 3 heteroatoms. The molecule has 19 heavy (non-hydrogen) atoms. The first-order valence-corrected chi connectivity index (χ1v) is 7.33. The standard InChI is InChI=1S/C16H24N2O/c1-2-18(12-14-6-3-7-14)16(19)15-8-4-5-13(11-15)9-10-17/h4-5,8,11,14H,2-3,6-7,9-10,12,17H2,1H3. The van der Waals surface area contributed by atoms with E-state index in [1.165, 1.54) is 19.3 Å². The van der Waals surface area contributed by atoms with Crippen molar-refractivity contribution in [1.82, 2.24) is 4.90 Å². The minimum atomic E-state index is 0.160. The van der Waals surface area contributed by atoms with Crippen molar-refractivity contribution in [2.45, 2.75) is 32.6 Å². The number of nitrogens with two attached hydrogens (primary N) is 1.